The highest BCUT2D eigenvalue weighted by Crippen LogP contribution is 2.28. The first-order valence-corrected chi connectivity index (χ1v) is 7.14. The third kappa shape index (κ3) is 3.59. The number of benzene rings is 1. The summed E-state index contributed by atoms with van der Waals surface area (Å²) >= 11 is 0.913. The van der Waals surface area contributed by atoms with Crippen LogP contribution in [-0.2, 0) is 10.3 Å². The van der Waals surface area contributed by atoms with Crippen molar-refractivity contribution in [2.24, 2.45) is 0 Å². The van der Waals surface area contributed by atoms with Crippen LogP contribution in [0.2, 0.25) is 0 Å². The maximum absolute atomic E-state index is 12.2. The molecule has 2 N–H and O–H groups in total. The van der Waals surface area contributed by atoms with E-state index in [1.54, 1.807) is 31.2 Å². The molecule has 1 amide bonds. The van der Waals surface area contributed by atoms with Crippen LogP contribution in [0.5, 0.6) is 5.75 Å². The number of hydrogen-bond acceptors (Lipinski definition) is 6. The summed E-state index contributed by atoms with van der Waals surface area (Å²) in [5, 5.41) is 11.9. The SMILES string of the molecule is COc1cccc(C(C)(CC(=O)O)NC(=O)c2cnsn2)c1. The Hall–Kier alpha value is -2.48. The molecular formula is C14H15N3O4S. The Balaban J connectivity index is 2.34. The van der Waals surface area contributed by atoms with Crippen LogP contribution in [0.25, 0.3) is 0 Å². The number of hydrogen-bond donors (Lipinski definition) is 2. The maximum Gasteiger partial charge on any atom is 0.306 e. The quantitative estimate of drug-likeness (QED) is 0.839. The fourth-order valence-electron chi connectivity index (χ4n) is 2.07. The highest BCUT2D eigenvalue weighted by Gasteiger charge is 2.32. The number of nitrogens with one attached hydrogen (secondary N) is 1. The van der Waals surface area contributed by atoms with Gasteiger partial charge in [0.05, 0.1) is 37.0 Å². The summed E-state index contributed by atoms with van der Waals surface area (Å²) in [5.41, 5.74) is -0.309. The lowest BCUT2D eigenvalue weighted by molar-refractivity contribution is -0.138. The van der Waals surface area contributed by atoms with Crippen LogP contribution in [0.1, 0.15) is 29.4 Å². The molecule has 0 aliphatic carbocycles. The number of carbonyl (C=O) groups is 2. The van der Waals surface area contributed by atoms with Gasteiger partial charge in [-0.05, 0) is 24.6 Å². The van der Waals surface area contributed by atoms with Crippen LogP contribution in [0, 0.1) is 0 Å². The highest BCUT2D eigenvalue weighted by atomic mass is 32.1. The van der Waals surface area contributed by atoms with Crippen LogP contribution in [-0.4, -0.2) is 32.8 Å². The minimum atomic E-state index is -1.10. The molecule has 1 unspecified atom stereocenters. The van der Waals surface area contributed by atoms with E-state index < -0.39 is 17.4 Å². The molecule has 0 saturated heterocycles. The number of methoxy groups -OCH3 is 1. The molecule has 0 aliphatic heterocycles. The molecule has 8 heteroatoms. The van der Waals surface area contributed by atoms with E-state index >= 15 is 0 Å². The number of amides is 1. The number of ether oxygens (including phenoxy) is 1. The summed E-state index contributed by atoms with van der Waals surface area (Å²) in [4.78, 5) is 23.4. The molecule has 2 aromatic rings. The van der Waals surface area contributed by atoms with Crippen LogP contribution < -0.4 is 10.1 Å². The van der Waals surface area contributed by atoms with Gasteiger partial charge < -0.3 is 15.2 Å². The van der Waals surface area contributed by atoms with Crippen molar-refractivity contribution in [2.45, 2.75) is 18.9 Å². The minimum Gasteiger partial charge on any atom is -0.497 e. The highest BCUT2D eigenvalue weighted by molar-refractivity contribution is 6.99. The average Bonchev–Trinajstić information content (AvgIpc) is 3.00. The second-order valence-electron chi connectivity index (χ2n) is 4.88. The van der Waals surface area contributed by atoms with E-state index in [4.69, 9.17) is 4.74 Å². The van der Waals surface area contributed by atoms with Gasteiger partial charge in [0.1, 0.15) is 5.75 Å². The van der Waals surface area contributed by atoms with Crippen LogP contribution in [0.4, 0.5) is 0 Å². The first-order valence-electron chi connectivity index (χ1n) is 6.41. The Morgan fingerprint density at radius 1 is 1.45 bits per heavy atom. The summed E-state index contributed by atoms with van der Waals surface area (Å²) in [6, 6.07) is 6.93. The normalized spacial score (nSPS) is 13.2. The van der Waals surface area contributed by atoms with Crippen LogP contribution in [0.3, 0.4) is 0 Å². The molecule has 7 nitrogen and oxygen atoms in total. The van der Waals surface area contributed by atoms with Gasteiger partial charge in [0.2, 0.25) is 0 Å². The number of carboxylic acids is 1. The van der Waals surface area contributed by atoms with Gasteiger partial charge in [0.15, 0.2) is 5.69 Å². The number of nitrogens with zero attached hydrogens (tertiary/aromatic N) is 2. The Morgan fingerprint density at radius 2 is 2.23 bits per heavy atom. The molecule has 0 radical (unpaired) electrons. The van der Waals surface area contributed by atoms with E-state index in [-0.39, 0.29) is 12.1 Å². The van der Waals surface area contributed by atoms with Crippen molar-refractivity contribution >= 4 is 23.6 Å². The van der Waals surface area contributed by atoms with Gasteiger partial charge in [-0.1, -0.05) is 12.1 Å². The summed E-state index contributed by atoms with van der Waals surface area (Å²) in [6.07, 6.45) is 1.07. The van der Waals surface area contributed by atoms with Crippen molar-refractivity contribution in [2.75, 3.05) is 7.11 Å². The molecule has 0 aliphatic rings. The molecule has 1 heterocycles. The van der Waals surface area contributed by atoms with Crippen molar-refractivity contribution < 1.29 is 19.4 Å². The van der Waals surface area contributed by atoms with Crippen molar-refractivity contribution in [1.82, 2.24) is 14.1 Å². The summed E-state index contributed by atoms with van der Waals surface area (Å²) in [5.74, 6) is -0.916. The zero-order valence-electron chi connectivity index (χ0n) is 12.1. The molecule has 1 atom stereocenters. The van der Waals surface area contributed by atoms with Crippen molar-refractivity contribution in [3.63, 3.8) is 0 Å². The fraction of sp³-hybridized carbons (Fsp3) is 0.286. The van der Waals surface area contributed by atoms with E-state index in [9.17, 15) is 14.7 Å². The number of aromatic nitrogens is 2. The Morgan fingerprint density at radius 3 is 2.82 bits per heavy atom. The first kappa shape index (κ1) is 15.9. The molecule has 0 bridgehead atoms. The monoisotopic (exact) mass is 321 g/mol. The number of carbonyl (C=O) groups excluding carboxylic acids is 1. The molecular weight excluding hydrogens is 306 g/mol. The lowest BCUT2D eigenvalue weighted by Gasteiger charge is -2.30. The van der Waals surface area contributed by atoms with E-state index in [1.165, 1.54) is 13.3 Å². The number of carboxylic acid groups (broad SMARTS) is 1. The second-order valence-corrected chi connectivity index (χ2v) is 5.44. The Kier molecular flexibility index (Phi) is 4.71. The molecule has 0 fully saturated rings. The van der Waals surface area contributed by atoms with Gasteiger partial charge >= 0.3 is 5.97 Å². The molecule has 0 saturated carbocycles. The number of rotatable bonds is 6. The molecule has 2 rings (SSSR count). The third-order valence-electron chi connectivity index (χ3n) is 3.20. The Labute approximate surface area is 131 Å². The van der Waals surface area contributed by atoms with Gasteiger partial charge in [-0.15, -0.1) is 0 Å². The zero-order chi connectivity index (χ0) is 16.2. The summed E-state index contributed by atoms with van der Waals surface area (Å²) < 4.78 is 12.8. The van der Waals surface area contributed by atoms with Crippen molar-refractivity contribution in [3.8, 4) is 5.75 Å². The van der Waals surface area contributed by atoms with Crippen molar-refractivity contribution in [1.29, 1.82) is 0 Å². The van der Waals surface area contributed by atoms with E-state index in [0.29, 0.717) is 11.3 Å². The van der Waals surface area contributed by atoms with Gasteiger partial charge in [0, 0.05) is 0 Å². The van der Waals surface area contributed by atoms with Gasteiger partial charge in [-0.2, -0.15) is 8.75 Å². The predicted molar refractivity (Wildman–Crippen MR) is 80.0 cm³/mol. The maximum atomic E-state index is 12.2. The second kappa shape index (κ2) is 6.52. The average molecular weight is 321 g/mol. The third-order valence-corrected chi connectivity index (χ3v) is 3.67. The molecule has 1 aromatic carbocycles. The Bertz CT molecular complexity index is 674. The largest absolute Gasteiger partial charge is 0.497 e. The smallest absolute Gasteiger partial charge is 0.306 e. The van der Waals surface area contributed by atoms with E-state index in [2.05, 4.69) is 14.1 Å². The van der Waals surface area contributed by atoms with E-state index in [1.807, 2.05) is 0 Å². The van der Waals surface area contributed by atoms with Gasteiger partial charge in [0.25, 0.3) is 5.91 Å². The molecule has 0 spiro atoms. The number of aliphatic carboxylic acids is 1. The minimum absolute atomic E-state index is 0.157. The molecule has 1 aromatic heterocycles. The predicted octanol–water partition coefficient (Wildman–Crippen LogP) is 1.67. The topological polar surface area (TPSA) is 101 Å². The lowest BCUT2D eigenvalue weighted by atomic mass is 9.88. The lowest BCUT2D eigenvalue weighted by Crippen LogP contribution is -2.45. The first-order chi connectivity index (χ1) is 10.4. The summed E-state index contributed by atoms with van der Waals surface area (Å²) in [7, 11) is 1.52. The van der Waals surface area contributed by atoms with Gasteiger partial charge in [-0.3, -0.25) is 9.59 Å². The van der Waals surface area contributed by atoms with Gasteiger partial charge in [-0.25, -0.2) is 0 Å². The molecule has 22 heavy (non-hydrogen) atoms. The molecule has 116 valence electrons. The summed E-state index contributed by atoms with van der Waals surface area (Å²) in [6.45, 7) is 1.65. The zero-order valence-corrected chi connectivity index (χ0v) is 12.9. The van der Waals surface area contributed by atoms with Crippen LogP contribution >= 0.6 is 11.7 Å². The van der Waals surface area contributed by atoms with Crippen molar-refractivity contribution in [3.05, 3.63) is 41.7 Å². The van der Waals surface area contributed by atoms with E-state index in [0.717, 1.165) is 11.7 Å². The fourth-order valence-corrected chi connectivity index (χ4v) is 2.48. The standard InChI is InChI=1S/C14H15N3O4S/c1-14(7-12(18)19,9-4-3-5-10(6-9)21-2)16-13(20)11-8-15-22-17-11/h3-6,8H,7H2,1-2H3,(H,16,20)(H,18,19). The van der Waals surface area contributed by atoms with Crippen LogP contribution in [0.15, 0.2) is 30.5 Å².